The van der Waals surface area contributed by atoms with Crippen LogP contribution in [-0.2, 0) is 11.3 Å². The van der Waals surface area contributed by atoms with Crippen molar-refractivity contribution >= 4 is 22.4 Å². The number of carbonyl (C=O) groups is 1. The van der Waals surface area contributed by atoms with Crippen molar-refractivity contribution in [3.8, 4) is 22.8 Å². The summed E-state index contributed by atoms with van der Waals surface area (Å²) in [6.45, 7) is 2.85. The lowest BCUT2D eigenvalue weighted by Gasteiger charge is -2.23. The molecule has 5 rings (SSSR count). The number of hydrogen-bond donors (Lipinski definition) is 1. The zero-order chi connectivity index (χ0) is 20.3. The Kier molecular flexibility index (Phi) is 5.38. The van der Waals surface area contributed by atoms with Gasteiger partial charge >= 0.3 is 0 Å². The maximum Gasteiger partial charge on any atom is 0.243 e. The van der Waals surface area contributed by atoms with E-state index >= 15 is 0 Å². The third kappa shape index (κ3) is 4.04. The Morgan fingerprint density at radius 3 is 2.83 bits per heavy atom. The number of nitrogens with one attached hydrogen (secondary N) is 1. The molecule has 1 unspecified atom stereocenters. The molecule has 2 aliphatic rings. The third-order valence-corrected chi connectivity index (χ3v) is 6.22. The molecule has 7 heteroatoms. The monoisotopic (exact) mass is 421 g/mol. The molecule has 1 amide bonds. The summed E-state index contributed by atoms with van der Waals surface area (Å²) in [7, 11) is 0. The smallest absolute Gasteiger partial charge is 0.243 e. The van der Waals surface area contributed by atoms with Crippen molar-refractivity contribution in [3.05, 3.63) is 59.5 Å². The van der Waals surface area contributed by atoms with Gasteiger partial charge in [0, 0.05) is 17.5 Å². The van der Waals surface area contributed by atoms with Crippen LogP contribution in [0, 0.1) is 0 Å². The molecule has 0 radical (unpaired) electrons. The number of hydrogen-bond acceptors (Lipinski definition) is 6. The van der Waals surface area contributed by atoms with Crippen molar-refractivity contribution in [2.45, 2.75) is 25.4 Å². The standard InChI is InChI=1S/C23H23N3O3S/c27-22(19-7-4-10-26(19)14-16-5-2-1-3-6-16)25-23-24-18(15-30-23)17-8-9-20-21(13-17)29-12-11-28-20/h1-3,5-6,8-9,13,15,19H,4,7,10-12,14H2,(H,24,25,27). The van der Waals surface area contributed by atoms with Crippen LogP contribution in [0.25, 0.3) is 11.3 Å². The number of likely N-dealkylation sites (tertiary alicyclic amines) is 1. The first kappa shape index (κ1) is 19.1. The van der Waals surface area contributed by atoms with E-state index in [9.17, 15) is 4.79 Å². The van der Waals surface area contributed by atoms with E-state index in [1.54, 1.807) is 0 Å². The van der Waals surface area contributed by atoms with Gasteiger partial charge in [-0.1, -0.05) is 30.3 Å². The van der Waals surface area contributed by atoms with Crippen LogP contribution in [0.3, 0.4) is 0 Å². The number of rotatable bonds is 5. The number of carbonyl (C=O) groups excluding carboxylic acids is 1. The summed E-state index contributed by atoms with van der Waals surface area (Å²) in [4.78, 5) is 19.8. The highest BCUT2D eigenvalue weighted by atomic mass is 32.1. The van der Waals surface area contributed by atoms with E-state index < -0.39 is 0 Å². The van der Waals surface area contributed by atoms with Gasteiger partial charge < -0.3 is 14.8 Å². The van der Waals surface area contributed by atoms with Crippen molar-refractivity contribution in [1.82, 2.24) is 9.88 Å². The molecule has 0 saturated carbocycles. The molecule has 1 fully saturated rings. The van der Waals surface area contributed by atoms with Crippen LogP contribution in [0.1, 0.15) is 18.4 Å². The fourth-order valence-corrected chi connectivity index (χ4v) is 4.71. The van der Waals surface area contributed by atoms with E-state index in [-0.39, 0.29) is 11.9 Å². The van der Waals surface area contributed by atoms with Crippen LogP contribution < -0.4 is 14.8 Å². The lowest BCUT2D eigenvalue weighted by molar-refractivity contribution is -0.120. The molecule has 1 atom stereocenters. The van der Waals surface area contributed by atoms with Crippen LogP contribution in [-0.4, -0.2) is 41.6 Å². The average Bonchev–Trinajstić information content (AvgIpc) is 3.44. The summed E-state index contributed by atoms with van der Waals surface area (Å²) < 4.78 is 11.2. The Bertz CT molecular complexity index is 1040. The van der Waals surface area contributed by atoms with Gasteiger partial charge in [0.1, 0.15) is 13.2 Å². The number of benzene rings is 2. The van der Waals surface area contributed by atoms with Crippen molar-refractivity contribution in [2.24, 2.45) is 0 Å². The largest absolute Gasteiger partial charge is 0.486 e. The second-order valence-corrected chi connectivity index (χ2v) is 8.36. The molecule has 3 aromatic rings. The Balaban J connectivity index is 1.26. The van der Waals surface area contributed by atoms with Gasteiger partial charge in [-0.3, -0.25) is 9.69 Å². The summed E-state index contributed by atoms with van der Waals surface area (Å²) in [6, 6.07) is 16.0. The summed E-state index contributed by atoms with van der Waals surface area (Å²) in [5.74, 6) is 1.51. The van der Waals surface area contributed by atoms with E-state index in [4.69, 9.17) is 9.47 Å². The number of fused-ring (bicyclic) bond motifs is 1. The summed E-state index contributed by atoms with van der Waals surface area (Å²) in [6.07, 6.45) is 1.91. The van der Waals surface area contributed by atoms with Crippen molar-refractivity contribution in [1.29, 1.82) is 0 Å². The minimum absolute atomic E-state index is 0.0199. The summed E-state index contributed by atoms with van der Waals surface area (Å²) in [5, 5.41) is 5.60. The molecule has 30 heavy (non-hydrogen) atoms. The zero-order valence-electron chi connectivity index (χ0n) is 16.5. The molecule has 2 aliphatic heterocycles. The lowest BCUT2D eigenvalue weighted by atomic mass is 10.1. The van der Waals surface area contributed by atoms with Gasteiger partial charge in [-0.25, -0.2) is 4.98 Å². The molecule has 1 saturated heterocycles. The van der Waals surface area contributed by atoms with Crippen molar-refractivity contribution in [3.63, 3.8) is 0 Å². The molecule has 1 N–H and O–H groups in total. The molecule has 6 nitrogen and oxygen atoms in total. The van der Waals surface area contributed by atoms with Crippen molar-refractivity contribution < 1.29 is 14.3 Å². The van der Waals surface area contributed by atoms with Gasteiger partial charge in [-0.15, -0.1) is 11.3 Å². The second kappa shape index (κ2) is 8.45. The van der Waals surface area contributed by atoms with Crippen LogP contribution in [0.15, 0.2) is 53.9 Å². The van der Waals surface area contributed by atoms with Gasteiger partial charge in [0.2, 0.25) is 5.91 Å². The van der Waals surface area contributed by atoms with E-state index in [0.29, 0.717) is 18.3 Å². The van der Waals surface area contributed by atoms with Gasteiger partial charge in [0.15, 0.2) is 16.6 Å². The molecule has 3 heterocycles. The average molecular weight is 422 g/mol. The fraction of sp³-hybridized carbons (Fsp3) is 0.304. The molecular formula is C23H23N3O3S. The minimum Gasteiger partial charge on any atom is -0.486 e. The van der Waals surface area contributed by atoms with Gasteiger partial charge in [0.05, 0.1) is 11.7 Å². The highest BCUT2D eigenvalue weighted by molar-refractivity contribution is 7.14. The molecular weight excluding hydrogens is 398 g/mol. The summed E-state index contributed by atoms with van der Waals surface area (Å²) >= 11 is 1.44. The van der Waals surface area contributed by atoms with Gasteiger partial charge in [-0.05, 0) is 43.1 Å². The molecule has 1 aromatic heterocycles. The van der Waals surface area contributed by atoms with Crippen LogP contribution in [0.2, 0.25) is 0 Å². The number of amides is 1. The maximum absolute atomic E-state index is 12.9. The fourth-order valence-electron chi connectivity index (χ4n) is 3.99. The number of nitrogens with zero attached hydrogens (tertiary/aromatic N) is 2. The molecule has 154 valence electrons. The normalized spacial score (nSPS) is 18.3. The zero-order valence-corrected chi connectivity index (χ0v) is 17.4. The Hall–Kier alpha value is -2.90. The highest BCUT2D eigenvalue weighted by Crippen LogP contribution is 2.35. The molecule has 2 aromatic carbocycles. The predicted octanol–water partition coefficient (Wildman–Crippen LogP) is 4.18. The van der Waals surface area contributed by atoms with Gasteiger partial charge in [-0.2, -0.15) is 0 Å². The molecule has 0 aliphatic carbocycles. The number of anilines is 1. The van der Waals surface area contributed by atoms with Gasteiger partial charge in [0.25, 0.3) is 0 Å². The number of ether oxygens (including phenoxy) is 2. The SMILES string of the molecule is O=C(Nc1nc(-c2ccc3c(c2)OCCO3)cs1)C1CCCN1Cc1ccccc1. The van der Waals surface area contributed by atoms with Crippen LogP contribution in [0.4, 0.5) is 5.13 Å². The van der Waals surface area contributed by atoms with E-state index in [0.717, 1.165) is 48.7 Å². The maximum atomic E-state index is 12.9. The summed E-state index contributed by atoms with van der Waals surface area (Å²) in [5.41, 5.74) is 3.00. The highest BCUT2D eigenvalue weighted by Gasteiger charge is 2.31. The Morgan fingerprint density at radius 2 is 1.97 bits per heavy atom. The molecule has 0 bridgehead atoms. The second-order valence-electron chi connectivity index (χ2n) is 7.50. The first-order valence-electron chi connectivity index (χ1n) is 10.2. The molecule has 0 spiro atoms. The lowest BCUT2D eigenvalue weighted by Crippen LogP contribution is -2.39. The quantitative estimate of drug-likeness (QED) is 0.669. The third-order valence-electron chi connectivity index (χ3n) is 5.47. The topological polar surface area (TPSA) is 63.7 Å². The minimum atomic E-state index is -0.119. The number of thiazole rings is 1. The van der Waals surface area contributed by atoms with E-state index in [1.165, 1.54) is 16.9 Å². The predicted molar refractivity (Wildman–Crippen MR) is 117 cm³/mol. The first-order valence-corrected chi connectivity index (χ1v) is 11.1. The van der Waals surface area contributed by atoms with Crippen LogP contribution >= 0.6 is 11.3 Å². The first-order chi connectivity index (χ1) is 14.8. The van der Waals surface area contributed by atoms with E-state index in [1.807, 2.05) is 41.8 Å². The number of aromatic nitrogens is 1. The van der Waals surface area contributed by atoms with E-state index in [2.05, 4.69) is 27.3 Å². The Morgan fingerprint density at radius 1 is 1.13 bits per heavy atom. The van der Waals surface area contributed by atoms with Crippen LogP contribution in [0.5, 0.6) is 11.5 Å². The Labute approximate surface area is 179 Å². The van der Waals surface area contributed by atoms with Crippen molar-refractivity contribution in [2.75, 3.05) is 25.1 Å².